The molecule has 1 rings (SSSR count). The van der Waals surface area contributed by atoms with E-state index in [0.29, 0.717) is 12.6 Å². The third-order valence-electron chi connectivity index (χ3n) is 3.01. The molecule has 0 bridgehead atoms. The van der Waals surface area contributed by atoms with E-state index in [1.54, 1.807) is 12.5 Å². The highest BCUT2D eigenvalue weighted by molar-refractivity contribution is 5.78. The molecule has 0 fully saturated rings. The second-order valence-electron chi connectivity index (χ2n) is 4.62. The van der Waals surface area contributed by atoms with Gasteiger partial charge in [-0.05, 0) is 19.8 Å². The van der Waals surface area contributed by atoms with E-state index in [-0.39, 0.29) is 11.9 Å². The minimum absolute atomic E-state index is 0.0705. The molecule has 0 spiro atoms. The molecule has 0 aromatic carbocycles. The highest BCUT2D eigenvalue weighted by Crippen LogP contribution is 1.95. The lowest BCUT2D eigenvalue weighted by atomic mass is 10.2. The van der Waals surface area contributed by atoms with Crippen LogP contribution in [0.5, 0.6) is 0 Å². The molecule has 1 atom stereocenters. The first-order valence-corrected chi connectivity index (χ1v) is 6.64. The summed E-state index contributed by atoms with van der Waals surface area (Å²) in [6.07, 6.45) is 7.41. The molecule has 18 heavy (non-hydrogen) atoms. The predicted molar refractivity (Wildman–Crippen MR) is 72.2 cm³/mol. The zero-order chi connectivity index (χ0) is 13.4. The van der Waals surface area contributed by atoms with Crippen molar-refractivity contribution in [2.24, 2.45) is 0 Å². The van der Waals surface area contributed by atoms with E-state index < -0.39 is 0 Å². The molecule has 5 heteroatoms. The minimum Gasteiger partial charge on any atom is -0.352 e. The molecule has 5 nitrogen and oxygen atoms in total. The van der Waals surface area contributed by atoms with Gasteiger partial charge in [-0.25, -0.2) is 4.98 Å². The molecule has 1 amide bonds. The standard InChI is InChI=1S/C13H24N4O/c1-4-12(5-2)16-13(18)8-15-11(3)9-17-7-6-14-10-17/h6-7,10-12,15H,4-5,8-9H2,1-3H3,(H,16,18). The van der Waals surface area contributed by atoms with E-state index in [9.17, 15) is 4.79 Å². The monoisotopic (exact) mass is 252 g/mol. The van der Waals surface area contributed by atoms with Gasteiger partial charge in [0.15, 0.2) is 0 Å². The summed E-state index contributed by atoms with van der Waals surface area (Å²) in [6, 6.07) is 0.537. The van der Waals surface area contributed by atoms with Crippen molar-refractivity contribution in [1.29, 1.82) is 0 Å². The van der Waals surface area contributed by atoms with E-state index in [1.165, 1.54) is 0 Å². The molecule has 1 aromatic rings. The Kier molecular flexibility index (Phi) is 6.43. The number of imidazole rings is 1. The van der Waals surface area contributed by atoms with Crippen molar-refractivity contribution in [2.75, 3.05) is 6.54 Å². The van der Waals surface area contributed by atoms with Crippen LogP contribution in [-0.2, 0) is 11.3 Å². The molecular weight excluding hydrogens is 228 g/mol. The van der Waals surface area contributed by atoms with Gasteiger partial charge >= 0.3 is 0 Å². The molecule has 0 saturated heterocycles. The van der Waals surface area contributed by atoms with Crippen molar-refractivity contribution in [1.82, 2.24) is 20.2 Å². The van der Waals surface area contributed by atoms with Crippen LogP contribution in [-0.4, -0.2) is 34.1 Å². The smallest absolute Gasteiger partial charge is 0.234 e. The number of carbonyl (C=O) groups excluding carboxylic acids is 1. The summed E-state index contributed by atoms with van der Waals surface area (Å²) >= 11 is 0. The van der Waals surface area contributed by atoms with Crippen molar-refractivity contribution < 1.29 is 4.79 Å². The zero-order valence-corrected chi connectivity index (χ0v) is 11.5. The van der Waals surface area contributed by atoms with Crippen LogP contribution in [0, 0.1) is 0 Å². The number of amides is 1. The molecular formula is C13H24N4O. The van der Waals surface area contributed by atoms with Gasteiger partial charge in [0.1, 0.15) is 0 Å². The maximum atomic E-state index is 11.7. The fourth-order valence-electron chi connectivity index (χ4n) is 1.81. The van der Waals surface area contributed by atoms with E-state index in [1.807, 2.05) is 10.8 Å². The van der Waals surface area contributed by atoms with Crippen LogP contribution in [0.15, 0.2) is 18.7 Å². The van der Waals surface area contributed by atoms with Crippen molar-refractivity contribution in [3.8, 4) is 0 Å². The first-order valence-electron chi connectivity index (χ1n) is 6.64. The minimum atomic E-state index is 0.0705. The third kappa shape index (κ3) is 5.31. The van der Waals surface area contributed by atoms with Crippen LogP contribution < -0.4 is 10.6 Å². The fourth-order valence-corrected chi connectivity index (χ4v) is 1.81. The Morgan fingerprint density at radius 1 is 1.39 bits per heavy atom. The Balaban J connectivity index is 2.21. The first kappa shape index (κ1) is 14.7. The Morgan fingerprint density at radius 2 is 2.11 bits per heavy atom. The molecule has 102 valence electrons. The molecule has 0 saturated carbocycles. The molecule has 0 radical (unpaired) electrons. The molecule has 0 aliphatic rings. The van der Waals surface area contributed by atoms with E-state index in [2.05, 4.69) is 36.4 Å². The largest absolute Gasteiger partial charge is 0.352 e. The highest BCUT2D eigenvalue weighted by Gasteiger charge is 2.09. The lowest BCUT2D eigenvalue weighted by Gasteiger charge is -2.17. The maximum Gasteiger partial charge on any atom is 0.234 e. The van der Waals surface area contributed by atoms with E-state index in [4.69, 9.17) is 0 Å². The molecule has 1 unspecified atom stereocenters. The van der Waals surface area contributed by atoms with E-state index >= 15 is 0 Å². The highest BCUT2D eigenvalue weighted by atomic mass is 16.1. The van der Waals surface area contributed by atoms with Crippen LogP contribution in [0.25, 0.3) is 0 Å². The normalized spacial score (nSPS) is 12.7. The Morgan fingerprint density at radius 3 is 2.67 bits per heavy atom. The Hall–Kier alpha value is -1.36. The lowest BCUT2D eigenvalue weighted by molar-refractivity contribution is -0.121. The number of aromatic nitrogens is 2. The fraction of sp³-hybridized carbons (Fsp3) is 0.692. The topological polar surface area (TPSA) is 59.0 Å². The van der Waals surface area contributed by atoms with Crippen LogP contribution >= 0.6 is 0 Å². The summed E-state index contributed by atoms with van der Waals surface area (Å²) in [6.45, 7) is 7.42. The van der Waals surface area contributed by atoms with Gasteiger partial charge < -0.3 is 15.2 Å². The summed E-state index contributed by atoms with van der Waals surface area (Å²) in [4.78, 5) is 15.7. The number of rotatable bonds is 8. The molecule has 1 aromatic heterocycles. The Labute approximate surface area is 109 Å². The van der Waals surface area contributed by atoms with E-state index in [0.717, 1.165) is 19.4 Å². The SMILES string of the molecule is CCC(CC)NC(=O)CNC(C)Cn1ccnc1. The lowest BCUT2D eigenvalue weighted by Crippen LogP contribution is -2.43. The van der Waals surface area contributed by atoms with Crippen molar-refractivity contribution in [3.05, 3.63) is 18.7 Å². The number of hydrogen-bond donors (Lipinski definition) is 2. The van der Waals surface area contributed by atoms with Crippen LogP contribution in [0.3, 0.4) is 0 Å². The van der Waals surface area contributed by atoms with Gasteiger partial charge in [0.2, 0.25) is 5.91 Å². The van der Waals surface area contributed by atoms with Crippen LogP contribution in [0.2, 0.25) is 0 Å². The quantitative estimate of drug-likeness (QED) is 0.730. The summed E-state index contributed by atoms with van der Waals surface area (Å²) in [5.74, 6) is 0.0705. The second-order valence-corrected chi connectivity index (χ2v) is 4.62. The first-order chi connectivity index (χ1) is 8.65. The van der Waals surface area contributed by atoms with Gasteiger partial charge in [0.05, 0.1) is 12.9 Å². The zero-order valence-electron chi connectivity index (χ0n) is 11.5. The summed E-state index contributed by atoms with van der Waals surface area (Å²) in [7, 11) is 0. The van der Waals surface area contributed by atoms with Crippen LogP contribution in [0.1, 0.15) is 33.6 Å². The predicted octanol–water partition coefficient (Wildman–Crippen LogP) is 1.17. The van der Waals surface area contributed by atoms with Crippen molar-refractivity contribution in [2.45, 2.75) is 52.2 Å². The van der Waals surface area contributed by atoms with Gasteiger partial charge in [0, 0.05) is 31.0 Å². The van der Waals surface area contributed by atoms with Crippen molar-refractivity contribution in [3.63, 3.8) is 0 Å². The van der Waals surface area contributed by atoms with Crippen LogP contribution in [0.4, 0.5) is 0 Å². The van der Waals surface area contributed by atoms with Gasteiger partial charge in [-0.15, -0.1) is 0 Å². The third-order valence-corrected chi connectivity index (χ3v) is 3.01. The van der Waals surface area contributed by atoms with Gasteiger partial charge in [-0.1, -0.05) is 13.8 Å². The summed E-state index contributed by atoms with van der Waals surface area (Å²) in [5, 5.41) is 6.22. The van der Waals surface area contributed by atoms with Gasteiger partial charge in [-0.2, -0.15) is 0 Å². The average Bonchev–Trinajstić information content (AvgIpc) is 2.86. The molecule has 0 aliphatic carbocycles. The number of nitrogens with one attached hydrogen (secondary N) is 2. The molecule has 2 N–H and O–H groups in total. The number of nitrogens with zero attached hydrogens (tertiary/aromatic N) is 2. The number of carbonyl (C=O) groups is 1. The van der Waals surface area contributed by atoms with Gasteiger partial charge in [-0.3, -0.25) is 4.79 Å². The summed E-state index contributed by atoms with van der Waals surface area (Å²) < 4.78 is 2.00. The molecule has 1 heterocycles. The van der Waals surface area contributed by atoms with Crippen molar-refractivity contribution >= 4 is 5.91 Å². The second kappa shape index (κ2) is 7.87. The maximum absolute atomic E-state index is 11.7. The van der Waals surface area contributed by atoms with Gasteiger partial charge in [0.25, 0.3) is 0 Å². The Bertz CT molecular complexity index is 333. The number of hydrogen-bond acceptors (Lipinski definition) is 3. The summed E-state index contributed by atoms with van der Waals surface area (Å²) in [5.41, 5.74) is 0. The average molecular weight is 252 g/mol. The molecule has 0 aliphatic heterocycles.